The van der Waals surface area contributed by atoms with Crippen molar-refractivity contribution in [3.05, 3.63) is 291 Å². The molecule has 693 valence electrons. The fourth-order valence-corrected chi connectivity index (χ4v) is 17.5. The van der Waals surface area contributed by atoms with E-state index in [4.69, 9.17) is 97.1 Å². The predicted octanol–water partition coefficient (Wildman–Crippen LogP) is 17.8. The molecule has 0 bridgehead atoms. The Balaban J connectivity index is 0.000000154. The summed E-state index contributed by atoms with van der Waals surface area (Å²) in [6.07, 6.45) is 21.4. The van der Waals surface area contributed by atoms with Crippen LogP contribution in [0.15, 0.2) is 191 Å². The summed E-state index contributed by atoms with van der Waals surface area (Å²) in [5.74, 6) is 4.02. The van der Waals surface area contributed by atoms with Crippen molar-refractivity contribution in [2.75, 3.05) is 49.5 Å². The van der Waals surface area contributed by atoms with Gasteiger partial charge in [-0.1, -0.05) is 65.4 Å². The molecule has 5 N–H and O–H groups in total. The Hall–Kier alpha value is -10.1. The van der Waals surface area contributed by atoms with Gasteiger partial charge < -0.3 is 55.0 Å². The maximum atomic E-state index is 14.5. The van der Waals surface area contributed by atoms with E-state index in [0.29, 0.717) is 124 Å². The summed E-state index contributed by atoms with van der Waals surface area (Å²) in [6, 6.07) is 31.2. The van der Waals surface area contributed by atoms with Crippen LogP contribution < -0.4 is 80.9 Å². The van der Waals surface area contributed by atoms with Crippen molar-refractivity contribution in [3.8, 4) is 34.3 Å². The molecule has 4 aromatic carbocycles. The van der Waals surface area contributed by atoms with E-state index in [9.17, 15) is 17.6 Å². The van der Waals surface area contributed by atoms with Gasteiger partial charge in [-0.2, -0.15) is 17.3 Å². The van der Waals surface area contributed by atoms with Gasteiger partial charge in [0.05, 0.1) is 60.3 Å². The van der Waals surface area contributed by atoms with E-state index in [0.717, 1.165) is 156 Å². The van der Waals surface area contributed by atoms with E-state index in [1.54, 1.807) is 103 Å². The topological polar surface area (TPSA) is 317 Å². The van der Waals surface area contributed by atoms with Crippen LogP contribution in [0, 0.1) is 37.1 Å². The molecule has 26 nitrogen and oxygen atoms in total. The smallest absolute Gasteiger partial charge is 1.00 e. The number of hydrogen-bond donors (Lipinski definition) is 5. The number of halogens is 11. The van der Waals surface area contributed by atoms with Crippen molar-refractivity contribution in [3.63, 3.8) is 0 Å². The van der Waals surface area contributed by atoms with Gasteiger partial charge >= 0.3 is 61.4 Å². The van der Waals surface area contributed by atoms with Crippen LogP contribution in [0.5, 0.6) is 23.0 Å². The number of ether oxygens (including phenoxy) is 4. The number of benzene rings is 4. The molecule has 0 aliphatic carbocycles. The van der Waals surface area contributed by atoms with Crippen molar-refractivity contribution < 1.29 is 80.5 Å². The standard InChI is InChI=1S/C22H19ClFN5O.C17H12BrClFN3O.C17H13ClFN3O.C11H19BN2O2.C9H10FNO.C8H5BrN2.C8H4Cl2N2.CH3O.CH4.BHNS.Na/c1-12-9-18(29(2)28-12)16-11-27-22(14-5-7-25-21(23)20(14)16)26-10-15-13-6-8-30-19(13)4-3-17(15)24;18-12-8-23-17(10-3-5-21-16(19)15(10)12)22-7-11-9-4-6-24-14(9)2-1-13(11)20;18-16-11-3-7-21-17(12(11)4-6-20-16)22-9-13-10-5-8-23-15(10)2-1-14(13)19;1-8-7-9(14(6)13-8)12-15-10(2,3)11(4,5)16-12;10-8-1-2-9-6(3-4-12-9)7(8)5-11;9-8-7-2-3-10-5-6(7)1-4-11-8;9-7-5-1-3-11-8(10)6(5)2-4-12-7;1-2;;1-2-3;/h3-5,7,9,11H,6,8,10H2,1-2H3,(H,26,27);1-3,5,8H,4,6-7H2,(H,22,23);1-4,6-7H,5,8-9H2,(H,21,22);7H,1-6H3;1-2H,3-5,11H2;1-5H;1-4H;1H3;1H4;3H;/q;;;;;;;-1;;;+1. The number of rotatable bonds is 12. The Morgan fingerprint density at radius 1 is 0.474 bits per heavy atom. The first-order valence-corrected chi connectivity index (χ1v) is 45.2. The van der Waals surface area contributed by atoms with Crippen LogP contribution in [0.3, 0.4) is 0 Å². The van der Waals surface area contributed by atoms with Gasteiger partial charge in [-0.05, 0) is 183 Å². The second-order valence-corrected chi connectivity index (χ2v) is 34.5. The number of pyridine rings is 10. The van der Waals surface area contributed by atoms with E-state index in [-0.39, 0.29) is 85.1 Å². The van der Waals surface area contributed by atoms with Crippen molar-refractivity contribution >= 4 is 194 Å². The molecule has 0 amide bonds. The van der Waals surface area contributed by atoms with Crippen LogP contribution in [0.2, 0.25) is 25.8 Å². The third kappa shape index (κ3) is 24.7. The number of aromatic nitrogens is 14. The minimum Gasteiger partial charge on any atom is 1.00 e. The summed E-state index contributed by atoms with van der Waals surface area (Å²) in [5.41, 5.74) is 15.6. The molecule has 0 atom stereocenters. The molecule has 0 unspecified atom stereocenters. The van der Waals surface area contributed by atoms with Crippen molar-refractivity contribution in [1.29, 1.82) is 0 Å². The van der Waals surface area contributed by atoms with E-state index in [1.807, 2.05) is 87.4 Å². The van der Waals surface area contributed by atoms with Crippen molar-refractivity contribution in [2.45, 2.75) is 112 Å². The fourth-order valence-electron chi connectivity index (χ4n) is 15.2. The van der Waals surface area contributed by atoms with Crippen molar-refractivity contribution in [2.24, 2.45) is 24.1 Å². The van der Waals surface area contributed by atoms with Gasteiger partial charge in [0.15, 0.2) is 0 Å². The Kier molecular flexibility index (Phi) is 37.7. The molecule has 5 aliphatic rings. The maximum absolute atomic E-state index is 14.5. The Morgan fingerprint density at radius 3 is 1.27 bits per heavy atom. The first kappa shape index (κ1) is 105. The molecule has 0 spiro atoms. The summed E-state index contributed by atoms with van der Waals surface area (Å²) < 4.78 is 97.7. The van der Waals surface area contributed by atoms with Gasteiger partial charge in [0, 0.05) is 243 Å². The number of hydrogen-bond acceptors (Lipinski definition) is 25. The normalized spacial score (nSPS) is 13.2. The van der Waals surface area contributed by atoms with Gasteiger partial charge in [0.25, 0.3) is 0 Å². The number of anilines is 3. The Bertz CT molecular complexity index is 6870. The minimum atomic E-state index is -0.323. The number of nitrogens with zero attached hydrogens (tertiary/aromatic N) is 15. The molecule has 1 fully saturated rings. The maximum Gasteiger partial charge on any atom is 1.00 e. The average molecular weight is 2090 g/mol. The third-order valence-corrected chi connectivity index (χ3v) is 25.0. The van der Waals surface area contributed by atoms with Crippen LogP contribution >= 0.6 is 103 Å². The van der Waals surface area contributed by atoms with E-state index < -0.39 is 0 Å². The minimum absolute atomic E-state index is 0. The predicted molar refractivity (Wildman–Crippen MR) is 531 cm³/mol. The van der Waals surface area contributed by atoms with E-state index in [1.165, 1.54) is 24.3 Å². The summed E-state index contributed by atoms with van der Waals surface area (Å²) in [5, 5.41) is 37.5. The Labute approximate surface area is 848 Å². The summed E-state index contributed by atoms with van der Waals surface area (Å²) >= 11 is 40.4. The molecule has 12 aromatic heterocycles. The number of nitrogens with two attached hydrogens (primary N) is 1. The SMILES string of the molecule is Brc1nccc2cnccc12.C.C[O-].Cc1cc(-c2cnc(NCc3c(F)ccc4c3CCO4)c3ccnc(Cl)c23)n(C)n1.Cc1cc(B2OC(C)(C)C(C)(C)O2)n(C)n1.Clc1nccc2c(Cl)nccc12.Fc1ccc2c(c1CNc1ncc(Br)c3c(Cl)nccc13)CCO2.Fc1ccc2c(c1CNc1nccc3c(Cl)nccc13)CCO2.NCc1c(F)ccc2c1CCO2.[B]=NS.[Na+]. The molecule has 1 radical (unpaired) electrons. The molecular weight excluding hydrogens is 2000 g/mol. The zero-order chi connectivity index (χ0) is 95.0. The molecule has 0 saturated carbocycles. The second kappa shape index (κ2) is 48.3. The number of nitrogens with one attached hydrogen (secondary N) is 3. The van der Waals surface area contributed by atoms with Crippen LogP contribution in [-0.2, 0) is 75.3 Å². The molecule has 16 aromatic rings. The first-order valence-electron chi connectivity index (χ1n) is 41.3. The molecular formula is C94H90B2Br2Cl5F4N19NaO7S. The van der Waals surface area contributed by atoms with Gasteiger partial charge in [-0.15, -0.1) is 0 Å². The van der Waals surface area contributed by atoms with Gasteiger partial charge in [0.1, 0.15) is 94.1 Å². The molecule has 17 heterocycles. The quantitative estimate of drug-likeness (QED) is 0.0328. The zero-order valence-electron chi connectivity index (χ0n) is 74.1. The fraction of sp³-hybridized carbons (Fsp3) is 0.255. The second-order valence-electron chi connectivity index (χ2n) is 30.9. The third-order valence-electron chi connectivity index (χ3n) is 22.3. The zero-order valence-corrected chi connectivity index (χ0v) is 84.0. The van der Waals surface area contributed by atoms with Gasteiger partial charge in [0.2, 0.25) is 0 Å². The number of aryl methyl sites for hydroxylation is 4. The first-order chi connectivity index (χ1) is 64.0. The van der Waals surface area contributed by atoms with Gasteiger partial charge in [-0.3, -0.25) is 14.3 Å². The summed E-state index contributed by atoms with van der Waals surface area (Å²) in [6.45, 7) is 15.7. The van der Waals surface area contributed by atoms with Crippen LogP contribution in [0.4, 0.5) is 35.0 Å². The summed E-state index contributed by atoms with van der Waals surface area (Å²) in [7, 11) is 8.55. The number of thiol groups is 1. The largest absolute Gasteiger partial charge is 1.00 e. The van der Waals surface area contributed by atoms with E-state index in [2.05, 4.69) is 160 Å². The van der Waals surface area contributed by atoms with Crippen LogP contribution in [0.25, 0.3) is 65.1 Å². The van der Waals surface area contributed by atoms with Crippen molar-refractivity contribution in [1.82, 2.24) is 69.4 Å². The monoisotopic (exact) mass is 2080 g/mol. The molecule has 135 heavy (non-hydrogen) atoms. The van der Waals surface area contributed by atoms with Crippen LogP contribution in [0.1, 0.15) is 91.0 Å². The molecule has 41 heteroatoms. The van der Waals surface area contributed by atoms with E-state index >= 15 is 0 Å². The van der Waals surface area contributed by atoms with Crippen LogP contribution in [-0.4, -0.2) is 129 Å². The molecule has 1 saturated heterocycles. The summed E-state index contributed by atoms with van der Waals surface area (Å²) in [4.78, 5) is 41.7. The Morgan fingerprint density at radius 2 is 0.837 bits per heavy atom. The molecule has 21 rings (SSSR count). The molecule has 5 aliphatic heterocycles. The number of fused-ring (bicyclic) bond motifs is 9. The van der Waals surface area contributed by atoms with Gasteiger partial charge in [-0.25, -0.2) is 62.4 Å². The average Bonchev–Trinajstić information content (AvgIpc) is 1.73.